The second kappa shape index (κ2) is 5.28. The fraction of sp³-hybridized carbons (Fsp3) is 0.462. The molecule has 0 radical (unpaired) electrons. The average molecular weight is 295 g/mol. The van der Waals surface area contributed by atoms with Gasteiger partial charge in [0, 0.05) is 25.0 Å². The Labute approximate surface area is 120 Å². The molecule has 106 valence electrons. The molecule has 7 heteroatoms. The fourth-order valence-corrected chi connectivity index (χ4v) is 2.39. The van der Waals surface area contributed by atoms with Gasteiger partial charge in [0.2, 0.25) is 0 Å². The van der Waals surface area contributed by atoms with Gasteiger partial charge in [-0.3, -0.25) is 18.6 Å². The molecule has 0 spiro atoms. The van der Waals surface area contributed by atoms with Gasteiger partial charge in [0.1, 0.15) is 5.15 Å². The smallest absolute Gasteiger partial charge is 0.283 e. The zero-order valence-electron chi connectivity index (χ0n) is 10.9. The largest absolute Gasteiger partial charge is 0.332 e. The van der Waals surface area contributed by atoms with Crippen molar-refractivity contribution in [1.82, 2.24) is 18.9 Å². The van der Waals surface area contributed by atoms with Crippen LogP contribution in [-0.4, -0.2) is 18.9 Å². The molecule has 6 nitrogen and oxygen atoms in total. The van der Waals surface area contributed by atoms with Gasteiger partial charge in [-0.05, 0) is 24.8 Å². The van der Waals surface area contributed by atoms with Crippen molar-refractivity contribution in [2.24, 2.45) is 5.92 Å². The first-order valence-corrected chi connectivity index (χ1v) is 7.00. The molecule has 1 aliphatic rings. The minimum Gasteiger partial charge on any atom is -0.283 e. The Morgan fingerprint density at radius 2 is 2.05 bits per heavy atom. The van der Waals surface area contributed by atoms with Gasteiger partial charge in [-0.15, -0.1) is 0 Å². The highest BCUT2D eigenvalue weighted by atomic mass is 35.5. The van der Waals surface area contributed by atoms with E-state index >= 15 is 0 Å². The summed E-state index contributed by atoms with van der Waals surface area (Å²) in [5.74, 6) is 0.516. The third kappa shape index (κ3) is 2.70. The summed E-state index contributed by atoms with van der Waals surface area (Å²) in [6.07, 6.45) is 5.70. The molecule has 2 heterocycles. The van der Waals surface area contributed by atoms with Gasteiger partial charge in [-0.25, -0.2) is 4.79 Å². The molecule has 2 aromatic heterocycles. The lowest BCUT2D eigenvalue weighted by atomic mass is 10.4. The standard InChI is InChI=1S/C13H15ClN4O2/c14-11-8-12(19)17(7-6-16-5-1-4-15-16)13(20)18(11)9-10-2-3-10/h1,4-5,8,10H,2-3,6-7,9H2. The van der Waals surface area contributed by atoms with Gasteiger partial charge in [-0.2, -0.15) is 5.10 Å². The summed E-state index contributed by atoms with van der Waals surface area (Å²) in [6, 6.07) is 3.12. The summed E-state index contributed by atoms with van der Waals surface area (Å²) in [4.78, 5) is 24.3. The number of hydrogen-bond acceptors (Lipinski definition) is 3. The van der Waals surface area contributed by atoms with E-state index in [0.717, 1.165) is 12.8 Å². The van der Waals surface area contributed by atoms with Crippen LogP contribution in [0.1, 0.15) is 12.8 Å². The Hall–Kier alpha value is -1.82. The molecular formula is C13H15ClN4O2. The summed E-state index contributed by atoms with van der Waals surface area (Å²) in [6.45, 7) is 1.37. The normalized spacial score (nSPS) is 14.7. The molecule has 0 aliphatic heterocycles. The molecule has 0 unspecified atom stereocenters. The molecule has 0 N–H and O–H groups in total. The highest BCUT2D eigenvalue weighted by molar-refractivity contribution is 6.29. The highest BCUT2D eigenvalue weighted by Crippen LogP contribution is 2.30. The van der Waals surface area contributed by atoms with E-state index in [1.807, 2.05) is 0 Å². The van der Waals surface area contributed by atoms with Gasteiger partial charge in [0.05, 0.1) is 13.1 Å². The number of halogens is 1. The lowest BCUT2D eigenvalue weighted by Gasteiger charge is -2.11. The number of hydrogen-bond donors (Lipinski definition) is 0. The summed E-state index contributed by atoms with van der Waals surface area (Å²) >= 11 is 6.01. The third-order valence-corrected chi connectivity index (χ3v) is 3.79. The molecule has 2 aromatic rings. The van der Waals surface area contributed by atoms with E-state index in [0.29, 0.717) is 25.6 Å². The van der Waals surface area contributed by atoms with Crippen LogP contribution in [0.25, 0.3) is 0 Å². The first-order chi connectivity index (χ1) is 9.65. The zero-order chi connectivity index (χ0) is 14.1. The van der Waals surface area contributed by atoms with Crippen molar-refractivity contribution >= 4 is 11.6 Å². The molecule has 0 bridgehead atoms. The van der Waals surface area contributed by atoms with Crippen LogP contribution in [0, 0.1) is 5.92 Å². The van der Waals surface area contributed by atoms with Crippen LogP contribution < -0.4 is 11.2 Å². The van der Waals surface area contributed by atoms with Gasteiger partial charge >= 0.3 is 5.69 Å². The molecule has 1 aliphatic carbocycles. The van der Waals surface area contributed by atoms with E-state index in [-0.39, 0.29) is 16.4 Å². The van der Waals surface area contributed by atoms with Gasteiger partial charge < -0.3 is 0 Å². The van der Waals surface area contributed by atoms with Crippen molar-refractivity contribution in [3.8, 4) is 0 Å². The van der Waals surface area contributed by atoms with E-state index < -0.39 is 0 Å². The molecule has 0 aromatic carbocycles. The molecule has 0 atom stereocenters. The van der Waals surface area contributed by atoms with Crippen LogP contribution in [0.3, 0.4) is 0 Å². The lowest BCUT2D eigenvalue weighted by molar-refractivity contribution is 0.476. The molecule has 20 heavy (non-hydrogen) atoms. The van der Waals surface area contributed by atoms with Crippen molar-refractivity contribution in [2.75, 3.05) is 0 Å². The first-order valence-electron chi connectivity index (χ1n) is 6.63. The topological polar surface area (TPSA) is 61.8 Å². The van der Waals surface area contributed by atoms with Crippen LogP contribution in [-0.2, 0) is 19.6 Å². The molecule has 3 rings (SSSR count). The third-order valence-electron chi connectivity index (χ3n) is 3.48. The second-order valence-corrected chi connectivity index (χ2v) is 5.45. The van der Waals surface area contributed by atoms with E-state index in [2.05, 4.69) is 5.10 Å². The number of aromatic nitrogens is 4. The van der Waals surface area contributed by atoms with Crippen molar-refractivity contribution in [2.45, 2.75) is 32.5 Å². The Morgan fingerprint density at radius 1 is 1.25 bits per heavy atom. The zero-order valence-corrected chi connectivity index (χ0v) is 11.7. The summed E-state index contributed by atoms with van der Waals surface area (Å²) in [5.41, 5.74) is -0.694. The predicted molar refractivity (Wildman–Crippen MR) is 74.9 cm³/mol. The van der Waals surface area contributed by atoms with E-state index in [9.17, 15) is 9.59 Å². The SMILES string of the molecule is O=c1cc(Cl)n(CC2CC2)c(=O)n1CCn1cccn1. The quantitative estimate of drug-likeness (QED) is 0.772. The Morgan fingerprint density at radius 3 is 2.70 bits per heavy atom. The predicted octanol–water partition coefficient (Wildman–Crippen LogP) is 0.970. The van der Waals surface area contributed by atoms with E-state index in [4.69, 9.17) is 11.6 Å². The van der Waals surface area contributed by atoms with Gasteiger partial charge in [0.25, 0.3) is 5.56 Å². The van der Waals surface area contributed by atoms with Crippen molar-refractivity contribution in [1.29, 1.82) is 0 Å². The lowest BCUT2D eigenvalue weighted by Crippen LogP contribution is -2.40. The number of aryl methyl sites for hydroxylation is 1. The summed E-state index contributed by atoms with van der Waals surface area (Å²) in [5, 5.41) is 4.28. The summed E-state index contributed by atoms with van der Waals surface area (Å²) < 4.78 is 4.39. The van der Waals surface area contributed by atoms with E-state index in [1.165, 1.54) is 15.2 Å². The molecular weight excluding hydrogens is 280 g/mol. The molecule has 0 amide bonds. The molecule has 1 saturated carbocycles. The maximum Gasteiger partial charge on any atom is 0.332 e. The van der Waals surface area contributed by atoms with Gasteiger partial charge in [0.15, 0.2) is 0 Å². The van der Waals surface area contributed by atoms with Crippen LogP contribution in [0.2, 0.25) is 5.15 Å². The Kier molecular flexibility index (Phi) is 3.48. The molecule has 0 saturated heterocycles. The highest BCUT2D eigenvalue weighted by Gasteiger charge is 2.24. The minimum absolute atomic E-state index is 0.224. The average Bonchev–Trinajstić information content (AvgIpc) is 3.08. The maximum atomic E-state index is 12.3. The number of rotatable bonds is 5. The second-order valence-electron chi connectivity index (χ2n) is 5.06. The number of nitrogens with zero attached hydrogens (tertiary/aromatic N) is 4. The van der Waals surface area contributed by atoms with Crippen LogP contribution in [0.15, 0.2) is 34.1 Å². The fourth-order valence-electron chi connectivity index (χ4n) is 2.15. The maximum absolute atomic E-state index is 12.3. The van der Waals surface area contributed by atoms with Gasteiger partial charge in [-0.1, -0.05) is 11.6 Å². The van der Waals surface area contributed by atoms with Crippen LogP contribution >= 0.6 is 11.6 Å². The summed E-state index contributed by atoms with van der Waals surface area (Å²) in [7, 11) is 0. The van der Waals surface area contributed by atoms with Crippen molar-refractivity contribution < 1.29 is 0 Å². The molecule has 1 fully saturated rings. The monoisotopic (exact) mass is 294 g/mol. The van der Waals surface area contributed by atoms with Crippen LogP contribution in [0.5, 0.6) is 0 Å². The van der Waals surface area contributed by atoms with Crippen LogP contribution in [0.4, 0.5) is 0 Å². The Balaban J connectivity index is 1.88. The Bertz CT molecular complexity index is 713. The van der Waals surface area contributed by atoms with Crippen molar-refractivity contribution in [3.63, 3.8) is 0 Å². The van der Waals surface area contributed by atoms with Crippen molar-refractivity contribution in [3.05, 3.63) is 50.5 Å². The minimum atomic E-state index is -0.362. The first kappa shape index (κ1) is 13.2. The van der Waals surface area contributed by atoms with E-state index in [1.54, 1.807) is 23.1 Å².